The van der Waals surface area contributed by atoms with E-state index in [0.717, 1.165) is 22.9 Å². The predicted octanol–water partition coefficient (Wildman–Crippen LogP) is 4.03. The number of nitrogens with zero attached hydrogens (tertiary/aromatic N) is 1. The Morgan fingerprint density at radius 1 is 0.800 bits per heavy atom. The SMILES string of the molecule is O=C1CCc2c1cccc2-c1cccc2ncccc12. The second kappa shape index (κ2) is 4.27. The van der Waals surface area contributed by atoms with Gasteiger partial charge < -0.3 is 0 Å². The van der Waals surface area contributed by atoms with E-state index in [1.54, 1.807) is 0 Å². The molecule has 4 rings (SSSR count). The Morgan fingerprint density at radius 3 is 2.55 bits per heavy atom. The maximum absolute atomic E-state index is 11.9. The number of hydrogen-bond donors (Lipinski definition) is 0. The van der Waals surface area contributed by atoms with E-state index in [1.165, 1.54) is 16.7 Å². The molecule has 2 heteroatoms. The van der Waals surface area contributed by atoms with Gasteiger partial charge in [-0.3, -0.25) is 9.78 Å². The Labute approximate surface area is 117 Å². The third-order valence-electron chi connectivity index (χ3n) is 4.01. The lowest BCUT2D eigenvalue weighted by Gasteiger charge is -2.10. The summed E-state index contributed by atoms with van der Waals surface area (Å²) < 4.78 is 0. The van der Waals surface area contributed by atoms with Crippen LogP contribution in [-0.4, -0.2) is 10.8 Å². The van der Waals surface area contributed by atoms with Crippen LogP contribution >= 0.6 is 0 Å². The first-order valence-electron chi connectivity index (χ1n) is 6.84. The highest BCUT2D eigenvalue weighted by Crippen LogP contribution is 2.35. The summed E-state index contributed by atoms with van der Waals surface area (Å²) in [5.41, 5.74) is 5.42. The lowest BCUT2D eigenvalue weighted by Crippen LogP contribution is -1.93. The van der Waals surface area contributed by atoms with Crippen LogP contribution in [0.15, 0.2) is 54.7 Å². The monoisotopic (exact) mass is 259 g/mol. The summed E-state index contributed by atoms with van der Waals surface area (Å²) in [4.78, 5) is 16.3. The molecule has 0 amide bonds. The normalized spacial score (nSPS) is 13.7. The zero-order valence-corrected chi connectivity index (χ0v) is 11.0. The quantitative estimate of drug-likeness (QED) is 0.660. The van der Waals surface area contributed by atoms with Crippen LogP contribution in [-0.2, 0) is 6.42 Å². The molecule has 0 fully saturated rings. The van der Waals surface area contributed by atoms with Gasteiger partial charge in [0, 0.05) is 23.6 Å². The Kier molecular flexibility index (Phi) is 2.43. The largest absolute Gasteiger partial charge is 0.294 e. The van der Waals surface area contributed by atoms with Crippen molar-refractivity contribution in [1.29, 1.82) is 0 Å². The van der Waals surface area contributed by atoms with Gasteiger partial charge in [-0.15, -0.1) is 0 Å². The fourth-order valence-corrected chi connectivity index (χ4v) is 3.08. The standard InChI is InChI=1S/C18H13NO/c20-18-10-9-14-12(4-1-6-16(14)18)13-5-2-8-17-15(13)7-3-11-19-17/h1-8,11H,9-10H2. The molecule has 0 aliphatic heterocycles. The average molecular weight is 259 g/mol. The summed E-state index contributed by atoms with van der Waals surface area (Å²) in [5, 5.41) is 1.14. The number of Topliss-reactive ketones (excluding diaryl/α,β-unsaturated/α-hetero) is 1. The highest BCUT2D eigenvalue weighted by molar-refractivity contribution is 6.04. The van der Waals surface area contributed by atoms with E-state index >= 15 is 0 Å². The molecule has 0 radical (unpaired) electrons. The Morgan fingerprint density at radius 2 is 1.60 bits per heavy atom. The smallest absolute Gasteiger partial charge is 0.163 e. The van der Waals surface area contributed by atoms with Gasteiger partial charge in [0.15, 0.2) is 5.78 Å². The Bertz CT molecular complexity index is 830. The van der Waals surface area contributed by atoms with Gasteiger partial charge in [-0.2, -0.15) is 0 Å². The highest BCUT2D eigenvalue weighted by atomic mass is 16.1. The molecule has 0 N–H and O–H groups in total. The molecule has 2 nitrogen and oxygen atoms in total. The average Bonchev–Trinajstić information content (AvgIpc) is 2.88. The number of hydrogen-bond acceptors (Lipinski definition) is 2. The summed E-state index contributed by atoms with van der Waals surface area (Å²) in [6, 6.07) is 16.2. The molecule has 2 aromatic carbocycles. The minimum atomic E-state index is 0.264. The molecule has 1 heterocycles. The molecule has 3 aromatic rings. The lowest BCUT2D eigenvalue weighted by atomic mass is 9.94. The van der Waals surface area contributed by atoms with Crippen LogP contribution < -0.4 is 0 Å². The third kappa shape index (κ3) is 1.58. The van der Waals surface area contributed by atoms with Crippen LogP contribution in [0.2, 0.25) is 0 Å². The number of fused-ring (bicyclic) bond motifs is 2. The van der Waals surface area contributed by atoms with Crippen molar-refractivity contribution in [3.63, 3.8) is 0 Å². The molecule has 0 spiro atoms. The summed E-state index contributed by atoms with van der Waals surface area (Å²) in [6.07, 6.45) is 3.29. The molecule has 0 saturated heterocycles. The maximum Gasteiger partial charge on any atom is 0.163 e. The number of pyridine rings is 1. The Hall–Kier alpha value is -2.48. The zero-order chi connectivity index (χ0) is 13.5. The predicted molar refractivity (Wildman–Crippen MR) is 79.8 cm³/mol. The highest BCUT2D eigenvalue weighted by Gasteiger charge is 2.22. The van der Waals surface area contributed by atoms with E-state index in [9.17, 15) is 4.79 Å². The van der Waals surface area contributed by atoms with Crippen LogP contribution in [0.5, 0.6) is 0 Å². The molecule has 0 saturated carbocycles. The van der Waals surface area contributed by atoms with Gasteiger partial charge in [0.2, 0.25) is 0 Å². The van der Waals surface area contributed by atoms with Gasteiger partial charge in [-0.25, -0.2) is 0 Å². The van der Waals surface area contributed by atoms with Crippen molar-refractivity contribution >= 4 is 16.7 Å². The van der Waals surface area contributed by atoms with Crippen molar-refractivity contribution in [1.82, 2.24) is 4.98 Å². The second-order valence-corrected chi connectivity index (χ2v) is 5.13. The second-order valence-electron chi connectivity index (χ2n) is 5.13. The molecular formula is C18H13NO. The van der Waals surface area contributed by atoms with Crippen molar-refractivity contribution in [2.75, 3.05) is 0 Å². The number of carbonyl (C=O) groups excluding carboxylic acids is 1. The lowest BCUT2D eigenvalue weighted by molar-refractivity contribution is 0.0994. The van der Waals surface area contributed by atoms with Crippen LogP contribution in [0.3, 0.4) is 0 Å². The number of aromatic nitrogens is 1. The topological polar surface area (TPSA) is 30.0 Å². The molecule has 1 aliphatic rings. The van der Waals surface area contributed by atoms with Crippen molar-refractivity contribution in [2.24, 2.45) is 0 Å². The fourth-order valence-electron chi connectivity index (χ4n) is 3.08. The van der Waals surface area contributed by atoms with E-state index in [2.05, 4.69) is 23.2 Å². The van der Waals surface area contributed by atoms with Gasteiger partial charge in [-0.1, -0.05) is 36.4 Å². The van der Waals surface area contributed by atoms with E-state index in [4.69, 9.17) is 0 Å². The van der Waals surface area contributed by atoms with E-state index in [1.807, 2.05) is 36.5 Å². The molecule has 0 unspecified atom stereocenters. The first kappa shape index (κ1) is 11.4. The fraction of sp³-hybridized carbons (Fsp3) is 0.111. The van der Waals surface area contributed by atoms with Crippen molar-refractivity contribution in [2.45, 2.75) is 12.8 Å². The first-order valence-corrected chi connectivity index (χ1v) is 6.84. The van der Waals surface area contributed by atoms with Crippen molar-refractivity contribution in [3.8, 4) is 11.1 Å². The van der Waals surface area contributed by atoms with E-state index < -0.39 is 0 Å². The molecular weight excluding hydrogens is 246 g/mol. The number of benzene rings is 2. The molecule has 1 aromatic heterocycles. The van der Waals surface area contributed by atoms with Crippen LogP contribution in [0.25, 0.3) is 22.0 Å². The van der Waals surface area contributed by atoms with Gasteiger partial charge in [0.1, 0.15) is 0 Å². The summed E-state index contributed by atoms with van der Waals surface area (Å²) in [5.74, 6) is 0.264. The summed E-state index contributed by atoms with van der Waals surface area (Å²) in [6.45, 7) is 0. The van der Waals surface area contributed by atoms with Crippen LogP contribution in [0, 0.1) is 0 Å². The van der Waals surface area contributed by atoms with E-state index in [-0.39, 0.29) is 5.78 Å². The molecule has 96 valence electrons. The molecule has 1 aliphatic carbocycles. The molecule has 0 atom stereocenters. The maximum atomic E-state index is 11.9. The third-order valence-corrected chi connectivity index (χ3v) is 4.01. The first-order chi connectivity index (χ1) is 9.84. The minimum absolute atomic E-state index is 0.264. The molecule has 20 heavy (non-hydrogen) atoms. The number of ketones is 1. The van der Waals surface area contributed by atoms with Crippen molar-refractivity contribution < 1.29 is 4.79 Å². The minimum Gasteiger partial charge on any atom is -0.294 e. The van der Waals surface area contributed by atoms with Crippen LogP contribution in [0.1, 0.15) is 22.3 Å². The summed E-state index contributed by atoms with van der Waals surface area (Å²) in [7, 11) is 0. The summed E-state index contributed by atoms with van der Waals surface area (Å²) >= 11 is 0. The van der Waals surface area contributed by atoms with Gasteiger partial charge >= 0.3 is 0 Å². The number of rotatable bonds is 1. The van der Waals surface area contributed by atoms with Crippen molar-refractivity contribution in [3.05, 3.63) is 65.9 Å². The van der Waals surface area contributed by atoms with E-state index in [0.29, 0.717) is 6.42 Å². The zero-order valence-electron chi connectivity index (χ0n) is 11.0. The van der Waals surface area contributed by atoms with Gasteiger partial charge in [0.25, 0.3) is 0 Å². The Balaban J connectivity index is 2.04. The van der Waals surface area contributed by atoms with Gasteiger partial charge in [0.05, 0.1) is 5.52 Å². The van der Waals surface area contributed by atoms with Gasteiger partial charge in [-0.05, 0) is 35.2 Å². The molecule has 0 bridgehead atoms. The van der Waals surface area contributed by atoms with Crippen LogP contribution in [0.4, 0.5) is 0 Å². The number of carbonyl (C=O) groups is 1.